The van der Waals surface area contributed by atoms with E-state index in [9.17, 15) is 0 Å². The van der Waals surface area contributed by atoms with E-state index in [0.29, 0.717) is 5.92 Å². The summed E-state index contributed by atoms with van der Waals surface area (Å²) in [6.45, 7) is 3.27. The molecule has 1 fully saturated rings. The van der Waals surface area contributed by atoms with Gasteiger partial charge in [0.25, 0.3) is 0 Å². The van der Waals surface area contributed by atoms with Crippen molar-refractivity contribution in [3.05, 3.63) is 60.0 Å². The number of nitrogens with zero attached hydrogens (tertiary/aromatic N) is 4. The first-order chi connectivity index (χ1) is 11.3. The Balaban J connectivity index is 1.46. The molecule has 118 valence electrons. The summed E-state index contributed by atoms with van der Waals surface area (Å²) < 4.78 is 2.02. The predicted octanol–water partition coefficient (Wildman–Crippen LogP) is 3.35. The van der Waals surface area contributed by atoms with Gasteiger partial charge in [-0.3, -0.25) is 14.6 Å². The predicted molar refractivity (Wildman–Crippen MR) is 92.2 cm³/mol. The molecule has 23 heavy (non-hydrogen) atoms. The first-order valence-corrected chi connectivity index (χ1v) is 8.34. The van der Waals surface area contributed by atoms with Crippen molar-refractivity contribution in [2.24, 2.45) is 7.05 Å². The summed E-state index contributed by atoms with van der Waals surface area (Å²) in [6, 6.07) is 12.8. The van der Waals surface area contributed by atoms with E-state index in [1.54, 1.807) is 0 Å². The molecule has 0 bridgehead atoms. The van der Waals surface area contributed by atoms with Crippen molar-refractivity contribution in [2.75, 3.05) is 13.1 Å². The Morgan fingerprint density at radius 2 is 1.87 bits per heavy atom. The van der Waals surface area contributed by atoms with Crippen LogP contribution in [-0.4, -0.2) is 32.8 Å². The third kappa shape index (κ3) is 2.86. The van der Waals surface area contributed by atoms with Gasteiger partial charge in [0.15, 0.2) is 0 Å². The fraction of sp³-hybridized carbons (Fsp3) is 0.368. The van der Waals surface area contributed by atoms with Gasteiger partial charge >= 0.3 is 0 Å². The average Bonchev–Trinajstić information content (AvgIpc) is 3.02. The molecule has 0 amide bonds. The average molecular weight is 306 g/mol. The van der Waals surface area contributed by atoms with Gasteiger partial charge in [-0.15, -0.1) is 0 Å². The molecule has 0 aliphatic carbocycles. The Hall–Kier alpha value is -2.20. The second-order valence-corrected chi connectivity index (χ2v) is 6.42. The molecule has 0 saturated carbocycles. The highest BCUT2D eigenvalue weighted by Crippen LogP contribution is 2.28. The van der Waals surface area contributed by atoms with Gasteiger partial charge in [-0.25, -0.2) is 0 Å². The summed E-state index contributed by atoms with van der Waals surface area (Å²) in [7, 11) is 2.05. The molecular formula is C19H22N4. The Morgan fingerprint density at radius 3 is 2.65 bits per heavy atom. The third-order valence-corrected chi connectivity index (χ3v) is 4.97. The standard InChI is InChI=1S/C19H22N4/c1-22-18(7-11-21-22)15-8-12-23(13-9-15)14-17-5-2-4-16-6-3-10-20-19(16)17/h2-7,10-11,15H,8-9,12-14H2,1H3. The number of aryl methyl sites for hydroxylation is 1. The second kappa shape index (κ2) is 6.13. The van der Waals surface area contributed by atoms with Crippen LogP contribution >= 0.6 is 0 Å². The molecule has 4 nitrogen and oxygen atoms in total. The maximum atomic E-state index is 4.58. The molecule has 4 rings (SSSR count). The van der Waals surface area contributed by atoms with Gasteiger partial charge in [0.2, 0.25) is 0 Å². The maximum absolute atomic E-state index is 4.58. The minimum absolute atomic E-state index is 0.643. The molecule has 1 saturated heterocycles. The molecule has 1 aliphatic heterocycles. The minimum Gasteiger partial charge on any atom is -0.299 e. The number of benzene rings is 1. The van der Waals surface area contributed by atoms with Crippen LogP contribution in [-0.2, 0) is 13.6 Å². The van der Waals surface area contributed by atoms with E-state index in [-0.39, 0.29) is 0 Å². The molecule has 0 radical (unpaired) electrons. The lowest BCUT2D eigenvalue weighted by Crippen LogP contribution is -2.33. The smallest absolute Gasteiger partial charge is 0.0746 e. The summed E-state index contributed by atoms with van der Waals surface area (Å²) in [5, 5.41) is 5.54. The van der Waals surface area contributed by atoms with Crippen molar-refractivity contribution in [3.8, 4) is 0 Å². The van der Waals surface area contributed by atoms with Crippen molar-refractivity contribution in [1.82, 2.24) is 19.7 Å². The lowest BCUT2D eigenvalue weighted by Gasteiger charge is -2.32. The molecular weight excluding hydrogens is 284 g/mol. The van der Waals surface area contributed by atoms with E-state index < -0.39 is 0 Å². The van der Waals surface area contributed by atoms with Gasteiger partial charge in [0.05, 0.1) is 5.52 Å². The first-order valence-electron chi connectivity index (χ1n) is 8.34. The van der Waals surface area contributed by atoms with Crippen molar-refractivity contribution in [3.63, 3.8) is 0 Å². The maximum Gasteiger partial charge on any atom is 0.0746 e. The molecule has 0 unspecified atom stereocenters. The quantitative estimate of drug-likeness (QED) is 0.744. The van der Waals surface area contributed by atoms with Crippen LogP contribution < -0.4 is 0 Å². The van der Waals surface area contributed by atoms with Crippen molar-refractivity contribution in [2.45, 2.75) is 25.3 Å². The number of hydrogen-bond acceptors (Lipinski definition) is 3. The van der Waals surface area contributed by atoms with Gasteiger partial charge in [-0.05, 0) is 43.6 Å². The lowest BCUT2D eigenvalue weighted by molar-refractivity contribution is 0.202. The molecule has 1 aliphatic rings. The highest BCUT2D eigenvalue weighted by atomic mass is 15.3. The Labute approximate surface area is 136 Å². The van der Waals surface area contributed by atoms with Crippen LogP contribution in [0.3, 0.4) is 0 Å². The normalized spacial score (nSPS) is 16.9. The molecule has 0 atom stereocenters. The van der Waals surface area contributed by atoms with E-state index in [2.05, 4.69) is 45.3 Å². The highest BCUT2D eigenvalue weighted by Gasteiger charge is 2.22. The number of rotatable bonds is 3. The number of para-hydroxylation sites is 1. The topological polar surface area (TPSA) is 34.0 Å². The molecule has 3 heterocycles. The van der Waals surface area contributed by atoms with E-state index >= 15 is 0 Å². The number of hydrogen-bond donors (Lipinski definition) is 0. The van der Waals surface area contributed by atoms with Crippen molar-refractivity contribution in [1.29, 1.82) is 0 Å². The van der Waals surface area contributed by atoms with Crippen LogP contribution in [0.4, 0.5) is 0 Å². The molecule has 0 spiro atoms. The Bertz CT molecular complexity index is 794. The van der Waals surface area contributed by atoms with Crippen LogP contribution in [0.5, 0.6) is 0 Å². The molecule has 0 N–H and O–H groups in total. The van der Waals surface area contributed by atoms with E-state index in [0.717, 1.165) is 25.2 Å². The van der Waals surface area contributed by atoms with Crippen molar-refractivity contribution >= 4 is 10.9 Å². The van der Waals surface area contributed by atoms with Crippen LogP contribution in [0.25, 0.3) is 10.9 Å². The monoisotopic (exact) mass is 306 g/mol. The second-order valence-electron chi connectivity index (χ2n) is 6.42. The summed E-state index contributed by atoms with van der Waals surface area (Å²) in [5.74, 6) is 0.643. The minimum atomic E-state index is 0.643. The summed E-state index contributed by atoms with van der Waals surface area (Å²) in [5.41, 5.74) is 3.85. The van der Waals surface area contributed by atoms with Crippen molar-refractivity contribution < 1.29 is 0 Å². The number of aromatic nitrogens is 3. The van der Waals surface area contributed by atoms with Gasteiger partial charge in [-0.2, -0.15) is 5.10 Å². The fourth-order valence-corrected chi connectivity index (χ4v) is 3.71. The van der Waals surface area contributed by atoms with Gasteiger partial charge in [0, 0.05) is 43.0 Å². The number of likely N-dealkylation sites (tertiary alicyclic amines) is 1. The van der Waals surface area contributed by atoms with E-state index in [4.69, 9.17) is 0 Å². The molecule has 3 aromatic rings. The zero-order valence-electron chi connectivity index (χ0n) is 13.5. The van der Waals surface area contributed by atoms with Crippen LogP contribution in [0.15, 0.2) is 48.8 Å². The highest BCUT2D eigenvalue weighted by molar-refractivity contribution is 5.81. The summed E-state index contributed by atoms with van der Waals surface area (Å²) in [4.78, 5) is 7.13. The number of piperidine rings is 1. The fourth-order valence-electron chi connectivity index (χ4n) is 3.71. The largest absolute Gasteiger partial charge is 0.299 e. The van der Waals surface area contributed by atoms with Crippen LogP contribution in [0.2, 0.25) is 0 Å². The number of fused-ring (bicyclic) bond motifs is 1. The van der Waals surface area contributed by atoms with Crippen LogP contribution in [0.1, 0.15) is 30.0 Å². The molecule has 2 aromatic heterocycles. The van der Waals surface area contributed by atoms with E-state index in [1.807, 2.05) is 30.2 Å². The van der Waals surface area contributed by atoms with Gasteiger partial charge in [0.1, 0.15) is 0 Å². The zero-order chi connectivity index (χ0) is 15.6. The molecule has 4 heteroatoms. The Morgan fingerprint density at radius 1 is 1.04 bits per heavy atom. The van der Waals surface area contributed by atoms with Gasteiger partial charge in [-0.1, -0.05) is 24.3 Å². The number of pyridine rings is 1. The van der Waals surface area contributed by atoms with E-state index in [1.165, 1.54) is 29.5 Å². The summed E-state index contributed by atoms with van der Waals surface area (Å²) in [6.07, 6.45) is 6.21. The zero-order valence-corrected chi connectivity index (χ0v) is 13.5. The Kier molecular flexibility index (Phi) is 3.83. The SMILES string of the molecule is Cn1nccc1C1CCN(Cc2cccc3cccnc23)CC1. The lowest BCUT2D eigenvalue weighted by atomic mass is 9.93. The third-order valence-electron chi connectivity index (χ3n) is 4.97. The van der Waals surface area contributed by atoms with Gasteiger partial charge < -0.3 is 0 Å². The van der Waals surface area contributed by atoms with Crippen LogP contribution in [0, 0.1) is 0 Å². The molecule has 1 aromatic carbocycles. The summed E-state index contributed by atoms with van der Waals surface area (Å²) >= 11 is 0. The first kappa shape index (κ1) is 14.4.